The molecule has 0 aromatic heterocycles. The molecule has 0 unspecified atom stereocenters. The largest absolute Gasteiger partial charge is 0.389 e. The van der Waals surface area contributed by atoms with Crippen LogP contribution in [0.25, 0.3) is 0 Å². The van der Waals surface area contributed by atoms with Crippen LogP contribution in [0.3, 0.4) is 0 Å². The summed E-state index contributed by atoms with van der Waals surface area (Å²) in [4.78, 5) is 2.39. The third-order valence-corrected chi connectivity index (χ3v) is 4.07. The van der Waals surface area contributed by atoms with E-state index in [1.165, 1.54) is 5.75 Å². The van der Waals surface area contributed by atoms with Gasteiger partial charge >= 0.3 is 0 Å². The van der Waals surface area contributed by atoms with Crippen LogP contribution in [0.4, 0.5) is 0 Å². The molecule has 0 aromatic carbocycles. The Labute approximate surface area is 92.1 Å². The molecule has 1 aliphatic rings. The summed E-state index contributed by atoms with van der Waals surface area (Å²) in [6.07, 6.45) is 0. The van der Waals surface area contributed by atoms with E-state index in [1.54, 1.807) is 0 Å². The van der Waals surface area contributed by atoms with Crippen molar-refractivity contribution in [1.29, 1.82) is 0 Å². The van der Waals surface area contributed by atoms with Gasteiger partial charge in [0, 0.05) is 30.6 Å². The van der Waals surface area contributed by atoms with Gasteiger partial charge < -0.3 is 5.11 Å². The summed E-state index contributed by atoms with van der Waals surface area (Å²) >= 11 is 2.08. The zero-order chi connectivity index (χ0) is 10.8. The van der Waals surface area contributed by atoms with E-state index in [9.17, 15) is 5.11 Å². The summed E-state index contributed by atoms with van der Waals surface area (Å²) in [7, 11) is 0. The van der Waals surface area contributed by atoms with Gasteiger partial charge in [0.1, 0.15) is 0 Å². The maximum atomic E-state index is 9.75. The van der Waals surface area contributed by atoms with Gasteiger partial charge in [0.2, 0.25) is 0 Å². The van der Waals surface area contributed by atoms with Crippen molar-refractivity contribution in [2.45, 2.75) is 38.5 Å². The lowest BCUT2D eigenvalue weighted by molar-refractivity contribution is 0.0363. The summed E-state index contributed by atoms with van der Waals surface area (Å²) < 4.78 is 0. The Morgan fingerprint density at radius 1 is 1.50 bits per heavy atom. The smallest absolute Gasteiger partial charge is 0.0718 e. The van der Waals surface area contributed by atoms with Crippen LogP contribution in [0.5, 0.6) is 0 Å². The fraction of sp³-hybridized carbons (Fsp3) is 1.00. The van der Waals surface area contributed by atoms with Gasteiger partial charge in [-0.3, -0.25) is 4.90 Å². The Bertz CT molecular complexity index is 177. The van der Waals surface area contributed by atoms with Gasteiger partial charge in [-0.2, -0.15) is 11.8 Å². The summed E-state index contributed by atoms with van der Waals surface area (Å²) in [5, 5.41) is 10.5. The molecule has 0 spiro atoms. The molecule has 84 valence electrons. The van der Waals surface area contributed by atoms with Gasteiger partial charge in [-0.15, -0.1) is 0 Å². The monoisotopic (exact) mass is 217 g/mol. The van der Waals surface area contributed by atoms with Crippen molar-refractivity contribution in [3.8, 4) is 0 Å². The third-order valence-electron chi connectivity index (χ3n) is 2.53. The Kier molecular flexibility index (Phi) is 4.29. The normalized spacial score (nSPS) is 25.7. The maximum Gasteiger partial charge on any atom is 0.0718 e. The fourth-order valence-corrected chi connectivity index (χ4v) is 3.19. The molecule has 14 heavy (non-hydrogen) atoms. The zero-order valence-electron chi connectivity index (χ0n) is 9.79. The highest BCUT2D eigenvalue weighted by atomic mass is 32.2. The van der Waals surface area contributed by atoms with Crippen molar-refractivity contribution in [2.75, 3.05) is 25.4 Å². The molecule has 3 heteroatoms. The van der Waals surface area contributed by atoms with Crippen molar-refractivity contribution < 1.29 is 5.11 Å². The molecule has 1 saturated heterocycles. The maximum absolute atomic E-state index is 9.75. The molecule has 1 fully saturated rings. The Hall–Kier alpha value is 0.270. The predicted molar refractivity (Wildman–Crippen MR) is 63.8 cm³/mol. The molecule has 0 saturated carbocycles. The molecule has 0 amide bonds. The lowest BCUT2D eigenvalue weighted by atomic mass is 10.1. The van der Waals surface area contributed by atoms with E-state index in [1.807, 2.05) is 13.8 Å². The first-order valence-electron chi connectivity index (χ1n) is 5.45. The topological polar surface area (TPSA) is 23.5 Å². The Morgan fingerprint density at radius 2 is 2.14 bits per heavy atom. The van der Waals surface area contributed by atoms with E-state index in [-0.39, 0.29) is 0 Å². The lowest BCUT2D eigenvalue weighted by Gasteiger charge is -2.37. The highest BCUT2D eigenvalue weighted by Gasteiger charge is 2.26. The van der Waals surface area contributed by atoms with Crippen molar-refractivity contribution >= 4 is 11.8 Å². The van der Waals surface area contributed by atoms with Crippen molar-refractivity contribution in [3.05, 3.63) is 0 Å². The van der Waals surface area contributed by atoms with Crippen molar-refractivity contribution in [2.24, 2.45) is 5.92 Å². The minimum absolute atomic E-state index is 0.552. The van der Waals surface area contributed by atoms with Crippen molar-refractivity contribution in [1.82, 2.24) is 4.90 Å². The SMILES string of the molecule is CC(C)[C@H]1CN(CC(C)(C)O)CCS1. The van der Waals surface area contributed by atoms with Crippen LogP contribution in [0.1, 0.15) is 27.7 Å². The third kappa shape index (κ3) is 4.20. The first-order chi connectivity index (χ1) is 6.38. The van der Waals surface area contributed by atoms with Gasteiger partial charge in [0.15, 0.2) is 0 Å². The van der Waals surface area contributed by atoms with Gasteiger partial charge in [-0.05, 0) is 19.8 Å². The molecule has 0 radical (unpaired) electrons. The molecule has 1 N–H and O–H groups in total. The average Bonchev–Trinajstić information content (AvgIpc) is 2.01. The minimum Gasteiger partial charge on any atom is -0.389 e. The van der Waals surface area contributed by atoms with E-state index >= 15 is 0 Å². The van der Waals surface area contributed by atoms with E-state index in [0.717, 1.165) is 30.8 Å². The van der Waals surface area contributed by atoms with Crippen LogP contribution in [-0.4, -0.2) is 46.2 Å². The van der Waals surface area contributed by atoms with Crippen molar-refractivity contribution in [3.63, 3.8) is 0 Å². The molecule has 0 aromatic rings. The molecule has 0 aliphatic carbocycles. The van der Waals surface area contributed by atoms with Crippen LogP contribution in [-0.2, 0) is 0 Å². The quantitative estimate of drug-likeness (QED) is 0.780. The second kappa shape index (κ2) is 4.86. The molecular weight excluding hydrogens is 194 g/mol. The standard InChI is InChI=1S/C11H23NOS/c1-9(2)10-7-12(5-6-14-10)8-11(3,4)13/h9-10,13H,5-8H2,1-4H3/t10-/m1/s1. The van der Waals surface area contributed by atoms with Crippen LogP contribution in [0, 0.1) is 5.92 Å². The number of aliphatic hydroxyl groups is 1. The first kappa shape index (κ1) is 12.3. The first-order valence-corrected chi connectivity index (χ1v) is 6.50. The second-order valence-corrected chi connectivity index (χ2v) is 6.55. The Morgan fingerprint density at radius 3 is 2.64 bits per heavy atom. The Balaban J connectivity index is 2.40. The highest BCUT2D eigenvalue weighted by molar-refractivity contribution is 8.00. The molecule has 0 bridgehead atoms. The van der Waals surface area contributed by atoms with E-state index in [4.69, 9.17) is 0 Å². The van der Waals surface area contributed by atoms with Crippen LogP contribution >= 0.6 is 11.8 Å². The van der Waals surface area contributed by atoms with Gasteiger partial charge in [-0.1, -0.05) is 13.8 Å². The van der Waals surface area contributed by atoms with E-state index < -0.39 is 5.60 Å². The number of hydrogen-bond acceptors (Lipinski definition) is 3. The average molecular weight is 217 g/mol. The lowest BCUT2D eigenvalue weighted by Crippen LogP contribution is -2.46. The highest BCUT2D eigenvalue weighted by Crippen LogP contribution is 2.25. The predicted octanol–water partition coefficient (Wildman–Crippen LogP) is 1.83. The van der Waals surface area contributed by atoms with Gasteiger partial charge in [0.05, 0.1) is 5.60 Å². The molecule has 1 heterocycles. The molecular formula is C11H23NOS. The second-order valence-electron chi connectivity index (χ2n) is 5.20. The molecule has 1 aliphatic heterocycles. The van der Waals surface area contributed by atoms with Crippen LogP contribution < -0.4 is 0 Å². The fourth-order valence-electron chi connectivity index (χ4n) is 1.83. The minimum atomic E-state index is -0.552. The number of thioether (sulfide) groups is 1. The van der Waals surface area contributed by atoms with Crippen LogP contribution in [0.15, 0.2) is 0 Å². The summed E-state index contributed by atoms with van der Waals surface area (Å²) in [6.45, 7) is 11.4. The number of rotatable bonds is 3. The van der Waals surface area contributed by atoms with Crippen LogP contribution in [0.2, 0.25) is 0 Å². The molecule has 1 atom stereocenters. The summed E-state index contributed by atoms with van der Waals surface area (Å²) in [5.74, 6) is 1.95. The van der Waals surface area contributed by atoms with Gasteiger partial charge in [-0.25, -0.2) is 0 Å². The summed E-state index contributed by atoms with van der Waals surface area (Å²) in [5.41, 5.74) is -0.552. The van der Waals surface area contributed by atoms with E-state index in [0.29, 0.717) is 0 Å². The summed E-state index contributed by atoms with van der Waals surface area (Å²) in [6, 6.07) is 0. The number of hydrogen-bond donors (Lipinski definition) is 1. The molecule has 2 nitrogen and oxygen atoms in total. The zero-order valence-corrected chi connectivity index (χ0v) is 10.6. The number of nitrogens with zero attached hydrogens (tertiary/aromatic N) is 1. The van der Waals surface area contributed by atoms with E-state index in [2.05, 4.69) is 30.5 Å². The number of β-amino-alcohol motifs (C(OH)–C–C–N with tert-alkyl or cyclic N) is 1. The van der Waals surface area contributed by atoms with Gasteiger partial charge in [0.25, 0.3) is 0 Å². The molecule has 1 rings (SSSR count).